The lowest BCUT2D eigenvalue weighted by Crippen LogP contribution is -2.19. The summed E-state index contributed by atoms with van der Waals surface area (Å²) < 4.78 is 38.3. The maximum absolute atomic E-state index is 12.6. The van der Waals surface area contributed by atoms with Gasteiger partial charge in [-0.1, -0.05) is 11.6 Å². The molecule has 1 aromatic carbocycles. The predicted octanol–water partition coefficient (Wildman–Crippen LogP) is 4.35. The number of hydrogen-bond donors (Lipinski definition) is 0. The average Bonchev–Trinajstić information content (AvgIpc) is 3.12. The van der Waals surface area contributed by atoms with Crippen molar-refractivity contribution in [3.63, 3.8) is 0 Å². The molecule has 9 heteroatoms. The third-order valence-corrected chi connectivity index (χ3v) is 5.50. The van der Waals surface area contributed by atoms with Crippen LogP contribution in [0.2, 0.25) is 5.02 Å². The summed E-state index contributed by atoms with van der Waals surface area (Å²) in [6.45, 7) is 1.40. The normalized spacial score (nSPS) is 12.6. The monoisotopic (exact) mass is 388 g/mol. The molecule has 2 rings (SSSR count). The molecule has 0 bridgehead atoms. The fourth-order valence-electron chi connectivity index (χ4n) is 2.05. The van der Waals surface area contributed by atoms with Crippen LogP contribution in [0.4, 0.5) is 0 Å². The van der Waals surface area contributed by atoms with Gasteiger partial charge >= 0.3 is 13.6 Å². The minimum atomic E-state index is -3.76. The van der Waals surface area contributed by atoms with Crippen molar-refractivity contribution < 1.29 is 32.3 Å². The van der Waals surface area contributed by atoms with Gasteiger partial charge < -0.3 is 22.9 Å². The molecule has 0 aliphatic rings. The van der Waals surface area contributed by atoms with Gasteiger partial charge in [-0.2, -0.15) is 0 Å². The van der Waals surface area contributed by atoms with Crippen molar-refractivity contribution in [3.05, 3.63) is 52.9 Å². The Morgan fingerprint density at radius 3 is 2.56 bits per heavy atom. The number of rotatable bonds is 8. The summed E-state index contributed by atoms with van der Waals surface area (Å²) in [6.07, 6.45) is 1.36. The van der Waals surface area contributed by atoms with E-state index in [0.717, 1.165) is 5.56 Å². The zero-order valence-corrected chi connectivity index (χ0v) is 15.6. The van der Waals surface area contributed by atoms with Crippen LogP contribution in [0, 0.1) is 6.92 Å². The molecular weight excluding hydrogens is 371 g/mol. The van der Waals surface area contributed by atoms with Crippen molar-refractivity contribution in [1.29, 1.82) is 0 Å². The Morgan fingerprint density at radius 2 is 2.00 bits per heavy atom. The maximum Gasteiger partial charge on any atom is 0.378 e. The van der Waals surface area contributed by atoms with Gasteiger partial charge in [0.25, 0.3) is 5.85 Å². The number of benzene rings is 1. The van der Waals surface area contributed by atoms with Crippen LogP contribution in [0.25, 0.3) is 0 Å². The highest BCUT2D eigenvalue weighted by molar-refractivity contribution is 7.54. The van der Waals surface area contributed by atoms with Crippen molar-refractivity contribution in [2.24, 2.45) is 0 Å². The van der Waals surface area contributed by atoms with Gasteiger partial charge in [-0.25, -0.2) is 4.79 Å². The molecular formula is C16H18ClO7P. The summed E-state index contributed by atoms with van der Waals surface area (Å²) >= 11 is 5.87. The van der Waals surface area contributed by atoms with Gasteiger partial charge in [0.15, 0.2) is 12.4 Å². The van der Waals surface area contributed by atoms with Crippen molar-refractivity contribution in [2.45, 2.75) is 12.8 Å². The Kier molecular flexibility index (Phi) is 6.67. The molecule has 1 heterocycles. The molecule has 0 fully saturated rings. The molecule has 1 atom stereocenters. The highest BCUT2D eigenvalue weighted by atomic mass is 35.5. The second kappa shape index (κ2) is 8.54. The Morgan fingerprint density at radius 1 is 1.28 bits per heavy atom. The topological polar surface area (TPSA) is 84.2 Å². The summed E-state index contributed by atoms with van der Waals surface area (Å²) in [7, 11) is -1.36. The van der Waals surface area contributed by atoms with E-state index in [1.54, 1.807) is 31.2 Å². The third kappa shape index (κ3) is 4.86. The van der Waals surface area contributed by atoms with E-state index in [1.807, 2.05) is 0 Å². The first-order valence-electron chi connectivity index (χ1n) is 7.22. The summed E-state index contributed by atoms with van der Waals surface area (Å²) in [5.41, 5.74) is 0.766. The molecule has 0 N–H and O–H groups in total. The number of hydrogen-bond acceptors (Lipinski definition) is 7. The van der Waals surface area contributed by atoms with Crippen molar-refractivity contribution in [3.8, 4) is 5.75 Å². The van der Waals surface area contributed by atoms with Crippen LogP contribution >= 0.6 is 19.2 Å². The van der Waals surface area contributed by atoms with E-state index in [0.29, 0.717) is 10.8 Å². The third-order valence-electron chi connectivity index (χ3n) is 3.31. The quantitative estimate of drug-likeness (QED) is 0.491. The molecule has 0 saturated carbocycles. The van der Waals surface area contributed by atoms with E-state index in [4.69, 9.17) is 34.5 Å². The first-order chi connectivity index (χ1) is 11.9. The first kappa shape index (κ1) is 19.5. The summed E-state index contributed by atoms with van der Waals surface area (Å²) in [5.74, 6) is -1.47. The molecule has 0 aliphatic heterocycles. The van der Waals surface area contributed by atoms with Gasteiger partial charge in [-0.15, -0.1) is 0 Å². The zero-order valence-electron chi connectivity index (χ0n) is 13.9. The average molecular weight is 389 g/mol. The Bertz CT molecular complexity index is 752. The fourth-order valence-corrected chi connectivity index (χ4v) is 3.51. The lowest BCUT2D eigenvalue weighted by Gasteiger charge is -2.22. The molecule has 7 nitrogen and oxygen atoms in total. The molecule has 1 aromatic heterocycles. The standard InChI is InChI=1S/C16H18ClO7P/c1-11-9-12(17)6-7-13(11)23-10-15(18)24-16(14-5-4-8-22-14)25(19,20-2)21-3/h4-9,16H,10H2,1-3H3. The van der Waals surface area contributed by atoms with Gasteiger partial charge in [-0.3, -0.25) is 4.57 Å². The Hall–Kier alpha value is -1.79. The zero-order chi connectivity index (χ0) is 18.4. The minimum absolute atomic E-state index is 0.142. The van der Waals surface area contributed by atoms with Crippen molar-refractivity contribution in [1.82, 2.24) is 0 Å². The Balaban J connectivity index is 2.08. The number of carbonyl (C=O) groups excluding carboxylic acids is 1. The van der Waals surface area contributed by atoms with Crippen LogP contribution in [0.5, 0.6) is 5.75 Å². The summed E-state index contributed by atoms with van der Waals surface area (Å²) in [4.78, 5) is 12.1. The van der Waals surface area contributed by atoms with Crippen LogP contribution in [0.15, 0.2) is 41.0 Å². The van der Waals surface area contributed by atoms with Gasteiger partial charge in [0.1, 0.15) is 5.75 Å². The molecule has 0 radical (unpaired) electrons. The first-order valence-corrected chi connectivity index (χ1v) is 9.21. The van der Waals surface area contributed by atoms with Crippen LogP contribution in [-0.2, 0) is 23.1 Å². The SMILES string of the molecule is COP(=O)(OC)C(OC(=O)COc1ccc(Cl)cc1C)c1ccco1. The number of furan rings is 1. The predicted molar refractivity (Wildman–Crippen MR) is 90.8 cm³/mol. The maximum atomic E-state index is 12.6. The van der Waals surface area contributed by atoms with Gasteiger partial charge in [0, 0.05) is 19.2 Å². The lowest BCUT2D eigenvalue weighted by molar-refractivity contribution is -0.149. The molecule has 136 valence electrons. The molecule has 0 saturated heterocycles. The van der Waals surface area contributed by atoms with E-state index in [9.17, 15) is 9.36 Å². The summed E-state index contributed by atoms with van der Waals surface area (Å²) in [6, 6.07) is 8.07. The highest BCUT2D eigenvalue weighted by Gasteiger charge is 2.41. The van der Waals surface area contributed by atoms with E-state index >= 15 is 0 Å². The second-order valence-electron chi connectivity index (χ2n) is 4.96. The lowest BCUT2D eigenvalue weighted by atomic mass is 10.2. The number of aryl methyl sites for hydroxylation is 1. The second-order valence-corrected chi connectivity index (χ2v) is 7.68. The smallest absolute Gasteiger partial charge is 0.378 e. The van der Waals surface area contributed by atoms with Crippen molar-refractivity contribution in [2.75, 3.05) is 20.8 Å². The number of halogens is 1. The molecule has 25 heavy (non-hydrogen) atoms. The Labute approximate surface area is 150 Å². The molecule has 2 aromatic rings. The highest BCUT2D eigenvalue weighted by Crippen LogP contribution is 2.60. The van der Waals surface area contributed by atoms with Crippen LogP contribution < -0.4 is 4.74 Å². The number of ether oxygens (including phenoxy) is 2. The summed E-state index contributed by atoms with van der Waals surface area (Å²) in [5, 5.41) is 0.562. The molecule has 0 amide bonds. The largest absolute Gasteiger partial charge is 0.482 e. The van der Waals surface area contributed by atoms with Gasteiger partial charge in [-0.05, 0) is 42.8 Å². The van der Waals surface area contributed by atoms with E-state index in [-0.39, 0.29) is 5.76 Å². The van der Waals surface area contributed by atoms with Crippen LogP contribution in [-0.4, -0.2) is 26.8 Å². The van der Waals surface area contributed by atoms with Crippen LogP contribution in [0.3, 0.4) is 0 Å². The number of carbonyl (C=O) groups is 1. The minimum Gasteiger partial charge on any atom is -0.482 e. The van der Waals surface area contributed by atoms with Crippen LogP contribution in [0.1, 0.15) is 17.2 Å². The van der Waals surface area contributed by atoms with E-state index < -0.39 is 26.0 Å². The molecule has 0 aliphatic carbocycles. The number of esters is 1. The van der Waals surface area contributed by atoms with Crippen molar-refractivity contribution >= 4 is 25.2 Å². The van der Waals surface area contributed by atoms with Gasteiger partial charge in [0.05, 0.1) is 6.26 Å². The van der Waals surface area contributed by atoms with E-state index in [1.165, 1.54) is 26.5 Å². The molecule has 0 spiro atoms. The molecule has 1 unspecified atom stereocenters. The van der Waals surface area contributed by atoms with Gasteiger partial charge in [0.2, 0.25) is 0 Å². The van der Waals surface area contributed by atoms with E-state index in [2.05, 4.69) is 0 Å². The fraction of sp³-hybridized carbons (Fsp3) is 0.312.